The lowest BCUT2D eigenvalue weighted by Gasteiger charge is -2.06. The van der Waals surface area contributed by atoms with Gasteiger partial charge in [0.1, 0.15) is 6.61 Å². The Bertz CT molecular complexity index is 523. The maximum Gasteiger partial charge on any atom is 0.337 e. The van der Waals surface area contributed by atoms with Gasteiger partial charge in [0.2, 0.25) is 5.88 Å². The van der Waals surface area contributed by atoms with E-state index >= 15 is 0 Å². The Kier molecular flexibility index (Phi) is 3.39. The van der Waals surface area contributed by atoms with Crippen molar-refractivity contribution in [3.05, 3.63) is 45.8 Å². The molecule has 0 bridgehead atoms. The Labute approximate surface area is 103 Å². The molecule has 2 aromatic heterocycles. The lowest BCUT2D eigenvalue weighted by Crippen LogP contribution is -2.03. The molecule has 0 aliphatic heterocycles. The molecule has 5 heteroatoms. The number of hydrogen-bond donors (Lipinski definition) is 1. The minimum atomic E-state index is -0.972. The average Bonchev–Trinajstić information content (AvgIpc) is 2.78. The average molecular weight is 249 g/mol. The van der Waals surface area contributed by atoms with E-state index in [2.05, 4.69) is 4.98 Å². The monoisotopic (exact) mass is 249 g/mol. The van der Waals surface area contributed by atoms with Crippen molar-refractivity contribution >= 4 is 17.3 Å². The third kappa shape index (κ3) is 2.82. The lowest BCUT2D eigenvalue weighted by atomic mass is 10.2. The summed E-state index contributed by atoms with van der Waals surface area (Å²) >= 11 is 1.61. The molecule has 2 heterocycles. The van der Waals surface area contributed by atoms with Crippen molar-refractivity contribution < 1.29 is 14.6 Å². The fraction of sp³-hybridized carbons (Fsp3) is 0.167. The first-order valence-electron chi connectivity index (χ1n) is 5.03. The number of aromatic carboxylic acids is 1. The Morgan fingerprint density at radius 1 is 1.47 bits per heavy atom. The molecule has 0 saturated carbocycles. The molecule has 0 fully saturated rings. The van der Waals surface area contributed by atoms with E-state index < -0.39 is 5.97 Å². The standard InChI is InChI=1S/C12H11NO3S/c1-8-10(12(14)15)4-5-11(13-8)16-7-9-3-2-6-17-9/h2-6H,7H2,1H3,(H,14,15). The van der Waals surface area contributed by atoms with E-state index in [-0.39, 0.29) is 5.56 Å². The molecular weight excluding hydrogens is 238 g/mol. The fourth-order valence-electron chi connectivity index (χ4n) is 1.38. The first-order chi connectivity index (χ1) is 8.16. The highest BCUT2D eigenvalue weighted by atomic mass is 32.1. The molecular formula is C12H11NO3S. The number of thiophene rings is 1. The van der Waals surface area contributed by atoms with Gasteiger partial charge in [-0.3, -0.25) is 0 Å². The SMILES string of the molecule is Cc1nc(OCc2cccs2)ccc1C(=O)O. The van der Waals surface area contributed by atoms with E-state index in [0.29, 0.717) is 18.2 Å². The number of aromatic nitrogens is 1. The van der Waals surface area contributed by atoms with E-state index in [1.54, 1.807) is 24.3 Å². The second kappa shape index (κ2) is 4.97. The first-order valence-corrected chi connectivity index (χ1v) is 5.91. The molecule has 0 radical (unpaired) electrons. The largest absolute Gasteiger partial charge is 0.478 e. The van der Waals surface area contributed by atoms with Gasteiger partial charge in [0.25, 0.3) is 0 Å². The molecule has 0 amide bonds. The smallest absolute Gasteiger partial charge is 0.337 e. The van der Waals surface area contributed by atoms with Crippen LogP contribution in [0.15, 0.2) is 29.6 Å². The van der Waals surface area contributed by atoms with Gasteiger partial charge in [0.05, 0.1) is 11.3 Å². The topological polar surface area (TPSA) is 59.4 Å². The molecule has 1 N–H and O–H groups in total. The van der Waals surface area contributed by atoms with Gasteiger partial charge in [-0.1, -0.05) is 6.07 Å². The summed E-state index contributed by atoms with van der Waals surface area (Å²) in [5.41, 5.74) is 0.662. The van der Waals surface area contributed by atoms with Crippen molar-refractivity contribution in [2.24, 2.45) is 0 Å². The van der Waals surface area contributed by atoms with E-state index in [0.717, 1.165) is 4.88 Å². The van der Waals surface area contributed by atoms with E-state index in [1.807, 2.05) is 17.5 Å². The Morgan fingerprint density at radius 2 is 2.29 bits per heavy atom. The van der Waals surface area contributed by atoms with Crippen LogP contribution in [0.25, 0.3) is 0 Å². The summed E-state index contributed by atoms with van der Waals surface area (Å²) in [6.45, 7) is 2.11. The number of carbonyl (C=O) groups is 1. The normalized spacial score (nSPS) is 10.2. The molecule has 0 unspecified atom stereocenters. The highest BCUT2D eigenvalue weighted by Gasteiger charge is 2.09. The van der Waals surface area contributed by atoms with Crippen LogP contribution in [0.5, 0.6) is 5.88 Å². The van der Waals surface area contributed by atoms with Crippen LogP contribution in [-0.4, -0.2) is 16.1 Å². The second-order valence-corrected chi connectivity index (χ2v) is 4.49. The molecule has 0 aliphatic rings. The van der Waals surface area contributed by atoms with Crippen LogP contribution in [0, 0.1) is 6.92 Å². The molecule has 0 aromatic carbocycles. The molecule has 0 aliphatic carbocycles. The number of ether oxygens (including phenoxy) is 1. The van der Waals surface area contributed by atoms with Gasteiger partial charge in [-0.2, -0.15) is 0 Å². The number of hydrogen-bond acceptors (Lipinski definition) is 4. The summed E-state index contributed by atoms with van der Waals surface area (Å²) in [6, 6.07) is 7.01. The molecule has 0 atom stereocenters. The zero-order chi connectivity index (χ0) is 12.3. The maximum absolute atomic E-state index is 10.8. The summed E-state index contributed by atoms with van der Waals surface area (Å²) in [4.78, 5) is 16.0. The number of carboxylic acids is 1. The lowest BCUT2D eigenvalue weighted by molar-refractivity contribution is 0.0695. The second-order valence-electron chi connectivity index (χ2n) is 3.46. The minimum Gasteiger partial charge on any atom is -0.478 e. The van der Waals surface area contributed by atoms with Crippen LogP contribution in [0.1, 0.15) is 20.9 Å². The Hall–Kier alpha value is -1.88. The highest BCUT2D eigenvalue weighted by molar-refractivity contribution is 7.09. The molecule has 88 valence electrons. The quantitative estimate of drug-likeness (QED) is 0.905. The van der Waals surface area contributed by atoms with Crippen LogP contribution in [0.4, 0.5) is 0 Å². The van der Waals surface area contributed by atoms with Gasteiger partial charge >= 0.3 is 5.97 Å². The third-order valence-corrected chi connectivity index (χ3v) is 3.08. The predicted octanol–water partition coefficient (Wildman–Crippen LogP) is 2.73. The zero-order valence-electron chi connectivity index (χ0n) is 9.21. The number of pyridine rings is 1. The first kappa shape index (κ1) is 11.6. The fourth-order valence-corrected chi connectivity index (χ4v) is 2.00. The molecule has 2 aromatic rings. The van der Waals surface area contributed by atoms with Crippen LogP contribution in [0.2, 0.25) is 0 Å². The van der Waals surface area contributed by atoms with Crippen molar-refractivity contribution in [3.8, 4) is 5.88 Å². The summed E-state index contributed by atoms with van der Waals surface area (Å²) in [7, 11) is 0. The van der Waals surface area contributed by atoms with E-state index in [4.69, 9.17) is 9.84 Å². The molecule has 4 nitrogen and oxygen atoms in total. The van der Waals surface area contributed by atoms with Gasteiger partial charge in [0, 0.05) is 10.9 Å². The van der Waals surface area contributed by atoms with Gasteiger partial charge < -0.3 is 9.84 Å². The molecule has 0 saturated heterocycles. The Balaban J connectivity index is 2.07. The predicted molar refractivity (Wildman–Crippen MR) is 64.6 cm³/mol. The summed E-state index contributed by atoms with van der Waals surface area (Å²) in [5, 5.41) is 10.8. The number of aryl methyl sites for hydroxylation is 1. The summed E-state index contributed by atoms with van der Waals surface area (Å²) < 4.78 is 5.47. The maximum atomic E-state index is 10.8. The van der Waals surface area contributed by atoms with Crippen molar-refractivity contribution in [1.29, 1.82) is 0 Å². The zero-order valence-corrected chi connectivity index (χ0v) is 10.0. The molecule has 2 rings (SSSR count). The van der Waals surface area contributed by atoms with Crippen LogP contribution < -0.4 is 4.74 Å². The van der Waals surface area contributed by atoms with E-state index in [1.165, 1.54) is 6.07 Å². The Morgan fingerprint density at radius 3 is 2.88 bits per heavy atom. The summed E-state index contributed by atoms with van der Waals surface area (Å²) in [6.07, 6.45) is 0. The third-order valence-electron chi connectivity index (χ3n) is 2.23. The number of carboxylic acid groups (broad SMARTS) is 1. The van der Waals surface area contributed by atoms with Crippen molar-refractivity contribution in [1.82, 2.24) is 4.98 Å². The number of rotatable bonds is 4. The van der Waals surface area contributed by atoms with E-state index in [9.17, 15) is 4.79 Å². The summed E-state index contributed by atoms with van der Waals surface area (Å²) in [5.74, 6) is -0.527. The van der Waals surface area contributed by atoms with Crippen molar-refractivity contribution in [3.63, 3.8) is 0 Å². The van der Waals surface area contributed by atoms with Crippen LogP contribution >= 0.6 is 11.3 Å². The van der Waals surface area contributed by atoms with Gasteiger partial charge in [-0.05, 0) is 24.4 Å². The van der Waals surface area contributed by atoms with Crippen LogP contribution in [0.3, 0.4) is 0 Å². The molecule has 17 heavy (non-hydrogen) atoms. The minimum absolute atomic E-state index is 0.202. The van der Waals surface area contributed by atoms with Crippen molar-refractivity contribution in [2.75, 3.05) is 0 Å². The van der Waals surface area contributed by atoms with Gasteiger partial charge in [-0.25, -0.2) is 9.78 Å². The van der Waals surface area contributed by atoms with Gasteiger partial charge in [0.15, 0.2) is 0 Å². The number of nitrogens with zero attached hydrogens (tertiary/aromatic N) is 1. The highest BCUT2D eigenvalue weighted by Crippen LogP contribution is 2.16. The van der Waals surface area contributed by atoms with Crippen LogP contribution in [-0.2, 0) is 6.61 Å². The van der Waals surface area contributed by atoms with Crippen molar-refractivity contribution in [2.45, 2.75) is 13.5 Å². The molecule has 0 spiro atoms. The van der Waals surface area contributed by atoms with Gasteiger partial charge in [-0.15, -0.1) is 11.3 Å².